The van der Waals surface area contributed by atoms with Crippen LogP contribution in [-0.4, -0.2) is 51.3 Å². The van der Waals surface area contributed by atoms with Gasteiger partial charge in [-0.15, -0.1) is 16.4 Å². The highest BCUT2D eigenvalue weighted by molar-refractivity contribution is 7.09. The highest BCUT2D eigenvalue weighted by Crippen LogP contribution is 2.31. The summed E-state index contributed by atoms with van der Waals surface area (Å²) in [5.74, 6) is 0.547. The Hall–Kier alpha value is -3.10. The number of thiophene rings is 1. The minimum absolute atomic E-state index is 0.138. The van der Waals surface area contributed by atoms with Crippen LogP contribution >= 0.6 is 11.3 Å². The van der Waals surface area contributed by atoms with E-state index in [1.54, 1.807) is 11.3 Å². The van der Waals surface area contributed by atoms with Crippen molar-refractivity contribution in [3.05, 3.63) is 93.2 Å². The highest BCUT2D eigenvalue weighted by atomic mass is 32.1. The van der Waals surface area contributed by atoms with Crippen molar-refractivity contribution in [2.75, 3.05) is 31.1 Å². The number of piperazine rings is 1. The molecule has 5 rings (SSSR count). The van der Waals surface area contributed by atoms with Crippen LogP contribution in [0.25, 0.3) is 0 Å². The van der Waals surface area contributed by atoms with Gasteiger partial charge in [0.2, 0.25) is 0 Å². The SMILES string of the molecule is Cc1cccc(N2CCN([C@@H](c3ccc(F)cc3)c3nnnn3Cc3cccs3)CC2)c1C. The van der Waals surface area contributed by atoms with E-state index in [4.69, 9.17) is 0 Å². The Morgan fingerprint density at radius 1 is 0.970 bits per heavy atom. The quantitative estimate of drug-likeness (QED) is 0.424. The molecule has 4 aromatic rings. The standard InChI is InChI=1S/C25H27FN6S/c1-18-5-3-7-23(19(18)2)30-12-14-31(15-13-30)24(20-8-10-21(26)11-9-20)25-27-28-29-32(25)17-22-6-4-16-33-22/h3-11,16,24H,12-15,17H2,1-2H3/t24-/m0/s1. The molecule has 1 saturated heterocycles. The molecule has 1 fully saturated rings. The van der Waals surface area contributed by atoms with E-state index in [0.29, 0.717) is 6.54 Å². The Bertz CT molecular complexity index is 1200. The van der Waals surface area contributed by atoms with Crippen molar-refractivity contribution in [1.29, 1.82) is 0 Å². The molecule has 0 unspecified atom stereocenters. The van der Waals surface area contributed by atoms with Crippen molar-refractivity contribution in [3.63, 3.8) is 0 Å². The molecule has 3 heterocycles. The fourth-order valence-electron chi connectivity index (χ4n) is 4.54. The first-order valence-corrected chi connectivity index (χ1v) is 12.1. The summed E-state index contributed by atoms with van der Waals surface area (Å²) in [6.45, 7) is 8.52. The van der Waals surface area contributed by atoms with E-state index in [-0.39, 0.29) is 11.9 Å². The summed E-state index contributed by atoms with van der Waals surface area (Å²) in [6, 6.07) is 17.2. The molecule has 8 heteroatoms. The summed E-state index contributed by atoms with van der Waals surface area (Å²) in [7, 11) is 0. The second kappa shape index (κ2) is 9.41. The van der Waals surface area contributed by atoms with Crippen LogP contribution < -0.4 is 4.90 Å². The zero-order valence-corrected chi connectivity index (χ0v) is 19.7. The van der Waals surface area contributed by atoms with E-state index in [1.165, 1.54) is 33.8 Å². The number of nitrogens with zero attached hydrogens (tertiary/aromatic N) is 6. The second-order valence-corrected chi connectivity index (χ2v) is 9.50. The van der Waals surface area contributed by atoms with E-state index in [0.717, 1.165) is 37.6 Å². The number of aryl methyl sites for hydroxylation is 1. The first-order chi connectivity index (χ1) is 16.1. The second-order valence-electron chi connectivity index (χ2n) is 8.47. The van der Waals surface area contributed by atoms with Crippen molar-refractivity contribution in [3.8, 4) is 0 Å². The van der Waals surface area contributed by atoms with Crippen LogP contribution in [0.1, 0.15) is 33.4 Å². The lowest BCUT2D eigenvalue weighted by Gasteiger charge is -2.40. The van der Waals surface area contributed by atoms with Crippen LogP contribution in [0.4, 0.5) is 10.1 Å². The van der Waals surface area contributed by atoms with Crippen molar-refractivity contribution >= 4 is 17.0 Å². The molecule has 2 aromatic carbocycles. The Labute approximate surface area is 197 Å². The van der Waals surface area contributed by atoms with Gasteiger partial charge in [-0.05, 0) is 70.6 Å². The maximum absolute atomic E-state index is 13.7. The van der Waals surface area contributed by atoms with E-state index < -0.39 is 0 Å². The summed E-state index contributed by atoms with van der Waals surface area (Å²) in [5.41, 5.74) is 4.95. The smallest absolute Gasteiger partial charge is 0.173 e. The molecule has 1 aliphatic rings. The Morgan fingerprint density at radius 3 is 2.48 bits per heavy atom. The maximum atomic E-state index is 13.7. The van der Waals surface area contributed by atoms with Gasteiger partial charge < -0.3 is 4.90 Å². The Morgan fingerprint density at radius 2 is 1.76 bits per heavy atom. The van der Waals surface area contributed by atoms with Gasteiger partial charge in [0.15, 0.2) is 5.82 Å². The molecular formula is C25H27FN6S. The van der Waals surface area contributed by atoms with Gasteiger partial charge in [-0.1, -0.05) is 30.3 Å². The van der Waals surface area contributed by atoms with Crippen molar-refractivity contribution in [2.24, 2.45) is 0 Å². The monoisotopic (exact) mass is 462 g/mol. The lowest BCUT2D eigenvalue weighted by atomic mass is 10.0. The van der Waals surface area contributed by atoms with Crippen molar-refractivity contribution < 1.29 is 4.39 Å². The normalized spacial score (nSPS) is 15.7. The lowest BCUT2D eigenvalue weighted by Crippen LogP contribution is -2.48. The highest BCUT2D eigenvalue weighted by Gasteiger charge is 2.31. The van der Waals surface area contributed by atoms with Gasteiger partial charge in [-0.2, -0.15) is 0 Å². The fourth-order valence-corrected chi connectivity index (χ4v) is 5.22. The molecule has 1 aliphatic heterocycles. The number of hydrogen-bond acceptors (Lipinski definition) is 6. The van der Waals surface area contributed by atoms with E-state index in [1.807, 2.05) is 22.9 Å². The zero-order valence-electron chi connectivity index (χ0n) is 18.9. The molecule has 33 heavy (non-hydrogen) atoms. The summed E-state index contributed by atoms with van der Waals surface area (Å²) < 4.78 is 15.6. The molecule has 2 aromatic heterocycles. The summed E-state index contributed by atoms with van der Waals surface area (Å²) in [6.07, 6.45) is 0. The van der Waals surface area contributed by atoms with Gasteiger partial charge in [0, 0.05) is 36.7 Å². The van der Waals surface area contributed by atoms with Crippen LogP contribution in [0, 0.1) is 19.7 Å². The molecule has 0 radical (unpaired) electrons. The number of benzene rings is 2. The molecular weight excluding hydrogens is 435 g/mol. The first kappa shape index (κ1) is 21.7. The summed E-state index contributed by atoms with van der Waals surface area (Å²) >= 11 is 1.69. The molecule has 6 nitrogen and oxygen atoms in total. The predicted molar refractivity (Wildman–Crippen MR) is 129 cm³/mol. The molecule has 0 bridgehead atoms. The number of hydrogen-bond donors (Lipinski definition) is 0. The van der Waals surface area contributed by atoms with E-state index >= 15 is 0 Å². The van der Waals surface area contributed by atoms with Crippen LogP contribution in [-0.2, 0) is 6.54 Å². The zero-order chi connectivity index (χ0) is 22.8. The van der Waals surface area contributed by atoms with Gasteiger partial charge in [0.25, 0.3) is 0 Å². The van der Waals surface area contributed by atoms with Crippen molar-refractivity contribution in [1.82, 2.24) is 25.1 Å². The Kier molecular flexibility index (Phi) is 6.20. The topological polar surface area (TPSA) is 50.1 Å². The van der Waals surface area contributed by atoms with Crippen LogP contribution in [0.15, 0.2) is 60.0 Å². The van der Waals surface area contributed by atoms with E-state index in [2.05, 4.69) is 68.8 Å². The van der Waals surface area contributed by atoms with Gasteiger partial charge in [0.05, 0.1) is 12.6 Å². The van der Waals surface area contributed by atoms with Gasteiger partial charge in [0.1, 0.15) is 5.82 Å². The minimum atomic E-state index is -0.240. The fraction of sp³-hybridized carbons (Fsp3) is 0.320. The summed E-state index contributed by atoms with van der Waals surface area (Å²) in [4.78, 5) is 6.06. The molecule has 0 amide bonds. The van der Waals surface area contributed by atoms with Crippen LogP contribution in [0.5, 0.6) is 0 Å². The first-order valence-electron chi connectivity index (χ1n) is 11.2. The maximum Gasteiger partial charge on any atom is 0.173 e. The van der Waals surface area contributed by atoms with Crippen molar-refractivity contribution in [2.45, 2.75) is 26.4 Å². The third-order valence-corrected chi connectivity index (χ3v) is 7.33. The van der Waals surface area contributed by atoms with Crippen LogP contribution in [0.2, 0.25) is 0 Å². The molecule has 0 aliphatic carbocycles. The number of anilines is 1. The van der Waals surface area contributed by atoms with Gasteiger partial charge in [-0.3, -0.25) is 4.90 Å². The number of rotatable bonds is 6. The van der Waals surface area contributed by atoms with Gasteiger partial charge >= 0.3 is 0 Å². The Balaban J connectivity index is 1.43. The van der Waals surface area contributed by atoms with Crippen LogP contribution in [0.3, 0.4) is 0 Å². The minimum Gasteiger partial charge on any atom is -0.369 e. The molecule has 1 atom stereocenters. The number of aromatic nitrogens is 4. The average molecular weight is 463 g/mol. The molecule has 0 spiro atoms. The average Bonchev–Trinajstić information content (AvgIpc) is 3.51. The van der Waals surface area contributed by atoms with E-state index in [9.17, 15) is 4.39 Å². The molecule has 0 N–H and O–H groups in total. The molecule has 170 valence electrons. The summed E-state index contributed by atoms with van der Waals surface area (Å²) in [5, 5.41) is 14.8. The molecule has 0 saturated carbocycles. The number of halogens is 1. The largest absolute Gasteiger partial charge is 0.369 e. The third-order valence-electron chi connectivity index (χ3n) is 6.47. The third kappa shape index (κ3) is 4.54. The van der Waals surface area contributed by atoms with Gasteiger partial charge in [-0.25, -0.2) is 9.07 Å². The predicted octanol–water partition coefficient (Wildman–Crippen LogP) is 4.45. The number of tetrazole rings is 1. The lowest BCUT2D eigenvalue weighted by molar-refractivity contribution is 0.201.